The first-order chi connectivity index (χ1) is 12.0. The van der Waals surface area contributed by atoms with E-state index in [0.717, 1.165) is 11.3 Å². The molecule has 0 saturated carbocycles. The molecule has 1 N–H and O–H groups in total. The Balaban J connectivity index is 1.73. The molecule has 1 unspecified atom stereocenters. The summed E-state index contributed by atoms with van der Waals surface area (Å²) in [4.78, 5) is 14.1. The van der Waals surface area contributed by atoms with Gasteiger partial charge in [-0.2, -0.15) is 10.3 Å². The highest BCUT2D eigenvalue weighted by atomic mass is 19.1. The molecule has 9 heteroatoms. The molecule has 2 aromatic heterocycles. The van der Waals surface area contributed by atoms with Crippen molar-refractivity contribution in [3.05, 3.63) is 53.4 Å². The van der Waals surface area contributed by atoms with Crippen LogP contribution in [0.3, 0.4) is 0 Å². The van der Waals surface area contributed by atoms with Crippen LogP contribution in [0, 0.1) is 12.7 Å². The van der Waals surface area contributed by atoms with Crippen molar-refractivity contribution in [2.75, 3.05) is 13.6 Å². The third-order valence-electron chi connectivity index (χ3n) is 3.91. The second-order valence-corrected chi connectivity index (χ2v) is 5.93. The van der Waals surface area contributed by atoms with E-state index in [1.54, 1.807) is 41.9 Å². The summed E-state index contributed by atoms with van der Waals surface area (Å²) in [5.41, 5.74) is 1.77. The number of aryl methyl sites for hydroxylation is 1. The summed E-state index contributed by atoms with van der Waals surface area (Å²) >= 11 is 0. The minimum atomic E-state index is -0.306. The Bertz CT molecular complexity index is 875. The molecule has 0 aliphatic rings. The molecule has 0 bridgehead atoms. The lowest BCUT2D eigenvalue weighted by Crippen LogP contribution is -2.31. The van der Waals surface area contributed by atoms with Gasteiger partial charge in [-0.15, -0.1) is 10.2 Å². The number of carbonyl (C=O) groups is 1. The lowest BCUT2D eigenvalue weighted by atomic mass is 10.1. The standard InChI is InChI=1S/C16H18FN7O/c1-10-8-12(17)4-5-14(10)24-7-6-13(20-24)16(25)23(3)9-11(2)15-18-21-22-19-15/h4-8,11H,9H2,1-3H3,(H,18,19,21,22). The number of rotatable bonds is 5. The smallest absolute Gasteiger partial charge is 0.274 e. The number of amides is 1. The van der Waals surface area contributed by atoms with Crippen molar-refractivity contribution in [2.45, 2.75) is 19.8 Å². The summed E-state index contributed by atoms with van der Waals surface area (Å²) in [6.07, 6.45) is 1.68. The van der Waals surface area contributed by atoms with Crippen molar-refractivity contribution in [1.82, 2.24) is 35.3 Å². The van der Waals surface area contributed by atoms with Crippen molar-refractivity contribution >= 4 is 5.91 Å². The lowest BCUT2D eigenvalue weighted by Gasteiger charge is -2.18. The summed E-state index contributed by atoms with van der Waals surface area (Å²) < 4.78 is 14.8. The van der Waals surface area contributed by atoms with E-state index in [4.69, 9.17) is 0 Å². The quantitative estimate of drug-likeness (QED) is 0.761. The van der Waals surface area contributed by atoms with E-state index in [1.165, 1.54) is 12.1 Å². The van der Waals surface area contributed by atoms with Gasteiger partial charge in [0.15, 0.2) is 11.5 Å². The van der Waals surface area contributed by atoms with Crippen molar-refractivity contribution in [1.29, 1.82) is 0 Å². The molecule has 3 rings (SSSR count). The average Bonchev–Trinajstić information content (AvgIpc) is 3.26. The number of tetrazole rings is 1. The molecule has 0 spiro atoms. The Hall–Kier alpha value is -3.10. The lowest BCUT2D eigenvalue weighted by molar-refractivity contribution is 0.0781. The molecular formula is C16H18FN7O. The molecule has 25 heavy (non-hydrogen) atoms. The Kier molecular flexibility index (Phi) is 4.55. The fourth-order valence-electron chi connectivity index (χ4n) is 2.60. The Morgan fingerprint density at radius 3 is 2.88 bits per heavy atom. The van der Waals surface area contributed by atoms with Gasteiger partial charge in [-0.05, 0) is 36.8 Å². The molecule has 1 amide bonds. The molecule has 0 radical (unpaired) electrons. The third kappa shape index (κ3) is 3.54. The van der Waals surface area contributed by atoms with E-state index >= 15 is 0 Å². The first-order valence-corrected chi connectivity index (χ1v) is 7.76. The molecule has 2 heterocycles. The zero-order chi connectivity index (χ0) is 18.0. The third-order valence-corrected chi connectivity index (χ3v) is 3.91. The number of aromatic amines is 1. The second-order valence-electron chi connectivity index (χ2n) is 5.93. The first-order valence-electron chi connectivity index (χ1n) is 7.76. The number of nitrogens with one attached hydrogen (secondary N) is 1. The number of hydrogen-bond donors (Lipinski definition) is 1. The molecule has 8 nitrogen and oxygen atoms in total. The number of hydrogen-bond acceptors (Lipinski definition) is 5. The monoisotopic (exact) mass is 343 g/mol. The van der Waals surface area contributed by atoms with Crippen LogP contribution < -0.4 is 0 Å². The minimum Gasteiger partial charge on any atom is -0.340 e. The Morgan fingerprint density at radius 2 is 2.20 bits per heavy atom. The summed E-state index contributed by atoms with van der Waals surface area (Å²) in [5.74, 6) is -0.0324. The van der Waals surface area contributed by atoms with E-state index in [2.05, 4.69) is 25.7 Å². The summed E-state index contributed by atoms with van der Waals surface area (Å²) in [7, 11) is 1.70. The maximum atomic E-state index is 13.2. The highest BCUT2D eigenvalue weighted by Crippen LogP contribution is 2.16. The summed E-state index contributed by atoms with van der Waals surface area (Å²) in [5, 5.41) is 18.1. The van der Waals surface area contributed by atoms with Gasteiger partial charge in [0.1, 0.15) is 5.82 Å². The van der Waals surface area contributed by atoms with Crippen LogP contribution in [-0.4, -0.2) is 54.8 Å². The molecule has 0 fully saturated rings. The zero-order valence-electron chi connectivity index (χ0n) is 14.1. The van der Waals surface area contributed by atoms with Crippen LogP contribution in [0.4, 0.5) is 4.39 Å². The minimum absolute atomic E-state index is 0.0610. The molecule has 3 aromatic rings. The highest BCUT2D eigenvalue weighted by molar-refractivity contribution is 5.92. The van der Waals surface area contributed by atoms with Crippen molar-refractivity contribution < 1.29 is 9.18 Å². The molecule has 0 aliphatic heterocycles. The molecule has 1 aromatic carbocycles. The number of nitrogens with zero attached hydrogens (tertiary/aromatic N) is 6. The zero-order valence-corrected chi connectivity index (χ0v) is 14.1. The fourth-order valence-corrected chi connectivity index (χ4v) is 2.60. The van der Waals surface area contributed by atoms with Gasteiger partial charge in [0.25, 0.3) is 5.91 Å². The number of aromatic nitrogens is 6. The molecule has 0 aliphatic carbocycles. The van der Waals surface area contributed by atoms with E-state index in [0.29, 0.717) is 18.1 Å². The number of carbonyl (C=O) groups excluding carboxylic acids is 1. The Labute approximate surface area is 143 Å². The van der Waals surface area contributed by atoms with Crippen LogP contribution >= 0.6 is 0 Å². The highest BCUT2D eigenvalue weighted by Gasteiger charge is 2.20. The fraction of sp³-hybridized carbons (Fsp3) is 0.312. The second kappa shape index (κ2) is 6.80. The summed E-state index contributed by atoms with van der Waals surface area (Å²) in [6, 6.07) is 6.07. The SMILES string of the molecule is Cc1cc(F)ccc1-n1ccc(C(=O)N(C)CC(C)c2nn[nH]n2)n1. The first kappa shape index (κ1) is 16.7. The molecule has 1 atom stereocenters. The van der Waals surface area contributed by atoms with Crippen LogP contribution in [0.25, 0.3) is 5.69 Å². The maximum absolute atomic E-state index is 13.2. The van der Waals surface area contributed by atoms with Crippen molar-refractivity contribution in [3.8, 4) is 5.69 Å². The van der Waals surface area contributed by atoms with Gasteiger partial charge >= 0.3 is 0 Å². The predicted octanol–water partition coefficient (Wildman–Crippen LogP) is 1.71. The average molecular weight is 343 g/mol. The van der Waals surface area contributed by atoms with Gasteiger partial charge in [-0.25, -0.2) is 9.07 Å². The number of benzene rings is 1. The van der Waals surface area contributed by atoms with E-state index < -0.39 is 0 Å². The largest absolute Gasteiger partial charge is 0.340 e. The van der Waals surface area contributed by atoms with E-state index in [-0.39, 0.29) is 17.6 Å². The van der Waals surface area contributed by atoms with Gasteiger partial charge < -0.3 is 4.90 Å². The Morgan fingerprint density at radius 1 is 1.40 bits per heavy atom. The number of likely N-dealkylation sites (N-methyl/N-ethyl adjacent to an activating group) is 1. The van der Waals surface area contributed by atoms with Crippen molar-refractivity contribution in [2.24, 2.45) is 0 Å². The van der Waals surface area contributed by atoms with Crippen LogP contribution in [0.5, 0.6) is 0 Å². The predicted molar refractivity (Wildman–Crippen MR) is 87.8 cm³/mol. The molecular weight excluding hydrogens is 325 g/mol. The topological polar surface area (TPSA) is 92.6 Å². The van der Waals surface area contributed by atoms with Gasteiger partial charge in [-0.3, -0.25) is 4.79 Å². The summed E-state index contributed by atoms with van der Waals surface area (Å²) in [6.45, 7) is 4.14. The van der Waals surface area contributed by atoms with E-state index in [9.17, 15) is 9.18 Å². The van der Waals surface area contributed by atoms with Gasteiger partial charge in [-0.1, -0.05) is 12.1 Å². The van der Waals surface area contributed by atoms with Crippen molar-refractivity contribution in [3.63, 3.8) is 0 Å². The van der Waals surface area contributed by atoms with Crippen LogP contribution in [0.2, 0.25) is 0 Å². The van der Waals surface area contributed by atoms with E-state index in [1.807, 2.05) is 6.92 Å². The van der Waals surface area contributed by atoms with Gasteiger partial charge in [0.05, 0.1) is 5.69 Å². The van der Waals surface area contributed by atoms with Gasteiger partial charge in [0, 0.05) is 25.7 Å². The van der Waals surface area contributed by atoms with Crippen LogP contribution in [0.1, 0.15) is 34.7 Å². The van der Waals surface area contributed by atoms with Crippen LogP contribution in [-0.2, 0) is 0 Å². The maximum Gasteiger partial charge on any atom is 0.274 e. The number of H-pyrrole nitrogens is 1. The molecule has 0 saturated heterocycles. The van der Waals surface area contributed by atoms with Crippen LogP contribution in [0.15, 0.2) is 30.5 Å². The number of halogens is 1. The van der Waals surface area contributed by atoms with Gasteiger partial charge in [0.2, 0.25) is 0 Å². The molecule has 130 valence electrons. The normalized spacial score (nSPS) is 12.2.